The molecule has 1 spiro atoms. The van der Waals surface area contributed by atoms with Gasteiger partial charge < -0.3 is 14.6 Å². The van der Waals surface area contributed by atoms with E-state index in [1.807, 2.05) is 19.1 Å². The summed E-state index contributed by atoms with van der Waals surface area (Å²) in [6.07, 6.45) is 5.31. The number of nitrogens with zero attached hydrogens (tertiary/aromatic N) is 2. The second-order valence-electron chi connectivity index (χ2n) is 7.08. The van der Waals surface area contributed by atoms with Crippen molar-refractivity contribution in [3.63, 3.8) is 0 Å². The van der Waals surface area contributed by atoms with E-state index in [2.05, 4.69) is 5.32 Å². The summed E-state index contributed by atoms with van der Waals surface area (Å²) >= 11 is 0. The summed E-state index contributed by atoms with van der Waals surface area (Å²) in [6, 6.07) is 3.19. The zero-order chi connectivity index (χ0) is 18.0. The van der Waals surface area contributed by atoms with Crippen LogP contribution in [0.2, 0.25) is 0 Å². The number of likely N-dealkylation sites (N-methyl/N-ethyl adjacent to an activating group) is 1. The van der Waals surface area contributed by atoms with Crippen molar-refractivity contribution in [3.05, 3.63) is 23.7 Å². The van der Waals surface area contributed by atoms with Crippen molar-refractivity contribution in [2.45, 2.75) is 57.5 Å². The molecule has 0 atom stereocenters. The first-order valence-corrected chi connectivity index (χ1v) is 8.85. The third-order valence-electron chi connectivity index (χ3n) is 5.11. The van der Waals surface area contributed by atoms with E-state index >= 15 is 0 Å². The number of nitrogens with one attached hydrogen (secondary N) is 1. The molecule has 0 unspecified atom stereocenters. The lowest BCUT2D eigenvalue weighted by atomic mass is 9.90. The molecule has 25 heavy (non-hydrogen) atoms. The van der Waals surface area contributed by atoms with Crippen LogP contribution in [0.3, 0.4) is 0 Å². The van der Waals surface area contributed by atoms with Gasteiger partial charge in [-0.25, -0.2) is 4.79 Å². The van der Waals surface area contributed by atoms with Crippen molar-refractivity contribution in [2.24, 2.45) is 0 Å². The van der Waals surface area contributed by atoms with Gasteiger partial charge in [-0.3, -0.25) is 14.5 Å². The van der Waals surface area contributed by atoms with Gasteiger partial charge in [0, 0.05) is 7.05 Å². The number of carbonyl (C=O) groups is 3. The summed E-state index contributed by atoms with van der Waals surface area (Å²) < 4.78 is 5.47. The molecule has 136 valence electrons. The predicted molar refractivity (Wildman–Crippen MR) is 90.6 cm³/mol. The van der Waals surface area contributed by atoms with Gasteiger partial charge in [0.25, 0.3) is 5.91 Å². The maximum Gasteiger partial charge on any atom is 0.325 e. The fraction of sp³-hybridized carbons (Fsp3) is 0.611. The number of amides is 4. The van der Waals surface area contributed by atoms with Crippen molar-refractivity contribution in [1.82, 2.24) is 15.1 Å². The molecule has 1 aliphatic heterocycles. The van der Waals surface area contributed by atoms with E-state index in [-0.39, 0.29) is 18.4 Å². The Hall–Kier alpha value is -2.31. The molecule has 1 saturated carbocycles. The minimum absolute atomic E-state index is 0.234. The van der Waals surface area contributed by atoms with Crippen LogP contribution in [-0.2, 0) is 16.1 Å². The van der Waals surface area contributed by atoms with Crippen LogP contribution in [0.15, 0.2) is 16.5 Å². The number of rotatable bonds is 4. The monoisotopic (exact) mass is 347 g/mol. The van der Waals surface area contributed by atoms with Gasteiger partial charge in [-0.15, -0.1) is 0 Å². The van der Waals surface area contributed by atoms with Crippen LogP contribution in [0.5, 0.6) is 0 Å². The van der Waals surface area contributed by atoms with E-state index in [1.54, 1.807) is 7.05 Å². The van der Waals surface area contributed by atoms with Crippen LogP contribution in [0, 0.1) is 6.92 Å². The van der Waals surface area contributed by atoms with Crippen LogP contribution in [0.25, 0.3) is 0 Å². The average molecular weight is 347 g/mol. The highest BCUT2D eigenvalue weighted by Gasteiger charge is 2.51. The van der Waals surface area contributed by atoms with E-state index in [4.69, 9.17) is 4.42 Å². The van der Waals surface area contributed by atoms with Crippen LogP contribution in [0.4, 0.5) is 4.79 Å². The zero-order valence-corrected chi connectivity index (χ0v) is 14.8. The Labute approximate surface area is 147 Å². The van der Waals surface area contributed by atoms with Crippen molar-refractivity contribution in [2.75, 3.05) is 13.6 Å². The number of aryl methyl sites for hydroxylation is 1. The van der Waals surface area contributed by atoms with Gasteiger partial charge in [0.1, 0.15) is 23.6 Å². The van der Waals surface area contributed by atoms with Crippen molar-refractivity contribution in [3.8, 4) is 0 Å². The van der Waals surface area contributed by atoms with E-state index in [0.717, 1.165) is 36.3 Å². The zero-order valence-electron chi connectivity index (χ0n) is 14.8. The number of hydrogen-bond donors (Lipinski definition) is 1. The minimum Gasteiger partial charge on any atom is -0.464 e. The number of carbonyl (C=O) groups excluding carboxylic acids is 3. The first-order chi connectivity index (χ1) is 11.9. The number of urea groups is 1. The van der Waals surface area contributed by atoms with E-state index in [1.165, 1.54) is 4.90 Å². The van der Waals surface area contributed by atoms with Crippen molar-refractivity contribution < 1.29 is 18.8 Å². The maximum atomic E-state index is 12.8. The second kappa shape index (κ2) is 6.90. The lowest BCUT2D eigenvalue weighted by Gasteiger charge is -2.25. The SMILES string of the molecule is Cc1ccc(CN(C)C(=O)CN2C(=O)NC3(CCCCCC3)C2=O)o1. The summed E-state index contributed by atoms with van der Waals surface area (Å²) in [5.41, 5.74) is -0.801. The molecular weight excluding hydrogens is 322 g/mol. The van der Waals surface area contributed by atoms with Gasteiger partial charge in [-0.05, 0) is 31.9 Å². The van der Waals surface area contributed by atoms with Gasteiger partial charge in [-0.1, -0.05) is 25.7 Å². The molecule has 0 aromatic carbocycles. The molecule has 0 bridgehead atoms. The number of hydrogen-bond acceptors (Lipinski definition) is 4. The summed E-state index contributed by atoms with van der Waals surface area (Å²) in [4.78, 5) is 40.1. The Morgan fingerprint density at radius 3 is 2.52 bits per heavy atom. The van der Waals surface area contributed by atoms with Crippen molar-refractivity contribution >= 4 is 17.8 Å². The summed E-state index contributed by atoms with van der Waals surface area (Å²) in [7, 11) is 1.64. The molecule has 1 N–H and O–H groups in total. The first kappa shape index (κ1) is 17.5. The molecule has 2 fully saturated rings. The predicted octanol–water partition coefficient (Wildman–Crippen LogP) is 2.19. The Morgan fingerprint density at radius 1 is 1.24 bits per heavy atom. The smallest absolute Gasteiger partial charge is 0.325 e. The molecule has 1 aromatic heterocycles. The second-order valence-corrected chi connectivity index (χ2v) is 7.08. The van der Waals surface area contributed by atoms with Crippen LogP contribution >= 0.6 is 0 Å². The molecule has 3 rings (SSSR count). The number of imide groups is 1. The Bertz CT molecular complexity index is 674. The molecule has 4 amide bonds. The normalized spacial score (nSPS) is 19.8. The highest BCUT2D eigenvalue weighted by molar-refractivity contribution is 6.09. The highest BCUT2D eigenvalue weighted by atomic mass is 16.3. The molecule has 1 aromatic rings. The van der Waals surface area contributed by atoms with Crippen LogP contribution < -0.4 is 5.32 Å². The van der Waals surface area contributed by atoms with Gasteiger partial charge in [-0.2, -0.15) is 0 Å². The third-order valence-corrected chi connectivity index (χ3v) is 5.11. The lowest BCUT2D eigenvalue weighted by Crippen LogP contribution is -2.47. The van der Waals surface area contributed by atoms with Gasteiger partial charge >= 0.3 is 6.03 Å². The van der Waals surface area contributed by atoms with Gasteiger partial charge in [0.05, 0.1) is 6.54 Å². The van der Waals surface area contributed by atoms with E-state index in [9.17, 15) is 14.4 Å². The molecule has 1 saturated heterocycles. The standard InChI is InChI=1S/C18H25N3O4/c1-13-7-8-14(25-13)11-20(2)15(22)12-21-16(23)18(19-17(21)24)9-5-3-4-6-10-18/h7-8H,3-6,9-12H2,1-2H3,(H,19,24). The summed E-state index contributed by atoms with van der Waals surface area (Å²) in [5, 5.41) is 2.85. The van der Waals surface area contributed by atoms with Gasteiger partial charge in [0.15, 0.2) is 0 Å². The summed E-state index contributed by atoms with van der Waals surface area (Å²) in [5.74, 6) is 0.907. The quantitative estimate of drug-likeness (QED) is 0.847. The topological polar surface area (TPSA) is 82.9 Å². The fourth-order valence-corrected chi connectivity index (χ4v) is 3.64. The highest BCUT2D eigenvalue weighted by Crippen LogP contribution is 2.32. The molecule has 7 heteroatoms. The molecule has 2 aliphatic rings. The molecule has 0 radical (unpaired) electrons. The molecule has 2 heterocycles. The first-order valence-electron chi connectivity index (χ1n) is 8.85. The van der Waals surface area contributed by atoms with E-state index < -0.39 is 11.6 Å². The Kier molecular flexibility index (Phi) is 4.83. The fourth-order valence-electron chi connectivity index (χ4n) is 3.64. The third kappa shape index (κ3) is 3.55. The largest absolute Gasteiger partial charge is 0.464 e. The maximum absolute atomic E-state index is 12.8. The van der Waals surface area contributed by atoms with Crippen molar-refractivity contribution in [1.29, 1.82) is 0 Å². The minimum atomic E-state index is -0.801. The van der Waals surface area contributed by atoms with Gasteiger partial charge in [0.2, 0.25) is 5.91 Å². The molecule has 7 nitrogen and oxygen atoms in total. The number of furan rings is 1. The average Bonchev–Trinajstić information content (AvgIpc) is 2.95. The van der Waals surface area contributed by atoms with Crippen LogP contribution in [0.1, 0.15) is 50.0 Å². The molecular formula is C18H25N3O4. The molecule has 1 aliphatic carbocycles. The Balaban J connectivity index is 1.64. The summed E-state index contributed by atoms with van der Waals surface area (Å²) in [6.45, 7) is 1.91. The van der Waals surface area contributed by atoms with E-state index in [0.29, 0.717) is 25.1 Å². The lowest BCUT2D eigenvalue weighted by molar-refractivity contribution is -0.139. The Morgan fingerprint density at radius 2 is 1.92 bits per heavy atom. The van der Waals surface area contributed by atoms with Crippen LogP contribution in [-0.4, -0.2) is 46.8 Å².